The van der Waals surface area contributed by atoms with Crippen LogP contribution in [0.3, 0.4) is 0 Å². The largest absolute Gasteiger partial charge is 0.477 e. The van der Waals surface area contributed by atoms with Gasteiger partial charge in [0, 0.05) is 6.42 Å². The lowest BCUT2D eigenvalue weighted by Crippen LogP contribution is -2.50. The molecule has 28 heavy (non-hydrogen) atoms. The molecule has 0 spiro atoms. The first-order valence-electron chi connectivity index (χ1n) is 11.8. The van der Waals surface area contributed by atoms with E-state index < -0.39 is 5.97 Å². The lowest BCUT2D eigenvalue weighted by atomic mass is 10.1. The van der Waals surface area contributed by atoms with Crippen molar-refractivity contribution in [1.82, 2.24) is 0 Å². The van der Waals surface area contributed by atoms with Gasteiger partial charge in [-0.3, -0.25) is 4.48 Å². The highest BCUT2D eigenvalue weighted by atomic mass is 16.4. The lowest BCUT2D eigenvalue weighted by Gasteiger charge is -2.28. The molecule has 0 saturated carbocycles. The van der Waals surface area contributed by atoms with E-state index in [1.165, 1.54) is 83.5 Å². The normalized spacial score (nSPS) is 19.4. The van der Waals surface area contributed by atoms with Gasteiger partial charge in [0.05, 0.1) is 13.6 Å². The summed E-state index contributed by atoms with van der Waals surface area (Å²) in [5.41, 5.74) is 0. The van der Waals surface area contributed by atoms with Crippen molar-refractivity contribution in [3.8, 4) is 0 Å². The summed E-state index contributed by atoms with van der Waals surface area (Å²) in [6.45, 7) is 4.07. The van der Waals surface area contributed by atoms with Crippen LogP contribution in [0.2, 0.25) is 0 Å². The van der Waals surface area contributed by atoms with Crippen LogP contribution >= 0.6 is 0 Å². The molecule has 0 aromatic carbocycles. The summed E-state index contributed by atoms with van der Waals surface area (Å²) in [4.78, 5) is 15.6. The van der Waals surface area contributed by atoms with Crippen LogP contribution in [0.4, 0.5) is 0 Å². The third-order valence-electron chi connectivity index (χ3n) is 5.91. The Balaban J connectivity index is 1.90. The summed E-state index contributed by atoms with van der Waals surface area (Å²) >= 11 is 0. The first kappa shape index (κ1) is 24.9. The molecule has 1 unspecified atom stereocenters. The van der Waals surface area contributed by atoms with E-state index in [0.717, 1.165) is 31.8 Å². The third-order valence-corrected chi connectivity index (χ3v) is 5.91. The van der Waals surface area contributed by atoms with Crippen LogP contribution in [-0.4, -0.2) is 48.1 Å². The van der Waals surface area contributed by atoms with E-state index in [0.29, 0.717) is 4.48 Å². The summed E-state index contributed by atoms with van der Waals surface area (Å²) in [6.07, 6.45) is 24.2. The van der Waals surface area contributed by atoms with Crippen molar-refractivity contribution >= 4 is 11.8 Å². The van der Waals surface area contributed by atoms with Crippen LogP contribution in [0, 0.1) is 0 Å². The van der Waals surface area contributed by atoms with Gasteiger partial charge in [0.1, 0.15) is 6.54 Å². The third kappa shape index (κ3) is 11.6. The van der Waals surface area contributed by atoms with Crippen molar-refractivity contribution in [3.05, 3.63) is 12.2 Å². The molecular weight excluding hydrogens is 348 g/mol. The molecule has 162 valence electrons. The molecule has 0 amide bonds. The number of aliphatic carboxylic acids is 1. The second kappa shape index (κ2) is 15.7. The molecule has 0 aromatic rings. The molecule has 1 heterocycles. The molecule has 1 aliphatic heterocycles. The summed E-state index contributed by atoms with van der Waals surface area (Å²) in [7, 11) is 2.01. The molecule has 1 rings (SSSR count). The van der Waals surface area contributed by atoms with E-state index in [1.54, 1.807) is 0 Å². The number of allylic oxidation sites excluding steroid dienone is 2. The Bertz CT molecular complexity index is 473. The van der Waals surface area contributed by atoms with Crippen molar-refractivity contribution in [2.45, 2.75) is 103 Å². The van der Waals surface area contributed by atoms with Crippen molar-refractivity contribution < 1.29 is 14.4 Å². The van der Waals surface area contributed by atoms with E-state index in [-0.39, 0.29) is 6.54 Å². The second-order valence-electron chi connectivity index (χ2n) is 8.66. The van der Waals surface area contributed by atoms with Crippen LogP contribution in [0.5, 0.6) is 0 Å². The number of unbranched alkanes of at least 4 members (excludes halogenated alkanes) is 12. The SMILES string of the molecule is CCCCCCCC/C=C\CCCCCCCCC1=NCC[N+]1(C)CC(=O)O. The minimum atomic E-state index is -0.724. The average molecular weight is 394 g/mol. The summed E-state index contributed by atoms with van der Waals surface area (Å²) in [6, 6.07) is 0. The van der Waals surface area contributed by atoms with Crippen molar-refractivity contribution in [2.75, 3.05) is 26.7 Å². The van der Waals surface area contributed by atoms with E-state index in [1.807, 2.05) is 7.05 Å². The van der Waals surface area contributed by atoms with Crippen LogP contribution in [-0.2, 0) is 4.79 Å². The zero-order chi connectivity index (χ0) is 20.5. The maximum Gasteiger partial charge on any atom is 0.359 e. The Morgan fingerprint density at radius 1 is 0.929 bits per heavy atom. The van der Waals surface area contributed by atoms with Gasteiger partial charge in [-0.25, -0.2) is 9.79 Å². The van der Waals surface area contributed by atoms with Gasteiger partial charge in [-0.1, -0.05) is 76.9 Å². The lowest BCUT2D eigenvalue weighted by molar-refractivity contribution is -0.807. The second-order valence-corrected chi connectivity index (χ2v) is 8.66. The molecule has 0 aliphatic carbocycles. The highest BCUT2D eigenvalue weighted by Crippen LogP contribution is 2.18. The molecule has 4 heteroatoms. The fraction of sp³-hybridized carbons (Fsp3) is 0.833. The van der Waals surface area contributed by atoms with Gasteiger partial charge in [0.15, 0.2) is 12.4 Å². The van der Waals surface area contributed by atoms with Crippen molar-refractivity contribution in [2.24, 2.45) is 4.99 Å². The van der Waals surface area contributed by atoms with E-state index >= 15 is 0 Å². The number of aliphatic imine (C=N–C) groups is 1. The maximum atomic E-state index is 11.1. The number of amidine groups is 1. The molecule has 1 atom stereocenters. The van der Waals surface area contributed by atoms with Crippen LogP contribution < -0.4 is 0 Å². The van der Waals surface area contributed by atoms with Crippen LogP contribution in [0.1, 0.15) is 103 Å². The Morgan fingerprint density at radius 3 is 2.04 bits per heavy atom. The summed E-state index contributed by atoms with van der Waals surface area (Å²) in [5, 5.41) is 9.09. The minimum absolute atomic E-state index is 0.172. The Labute approximate surface area is 173 Å². The molecule has 0 saturated heterocycles. The molecule has 1 aliphatic rings. The number of carboxylic acid groups (broad SMARTS) is 1. The fourth-order valence-corrected chi connectivity index (χ4v) is 4.05. The highest BCUT2D eigenvalue weighted by molar-refractivity contribution is 5.79. The van der Waals surface area contributed by atoms with Gasteiger partial charge in [0.25, 0.3) is 0 Å². The zero-order valence-corrected chi connectivity index (χ0v) is 18.6. The number of hydrogen-bond donors (Lipinski definition) is 1. The standard InChI is InChI=1S/C24H44N2O2/c1-3-4-5-6-7-8-9-10-11-12-13-14-15-16-17-18-19-23-25-20-21-26(23,2)22-24(27)28/h10-11H,3-9,12-22H2,1-2H3/p+1/b11-10-. The predicted octanol–water partition coefficient (Wildman–Crippen LogP) is 6.36. The van der Waals surface area contributed by atoms with Gasteiger partial charge in [0.2, 0.25) is 0 Å². The van der Waals surface area contributed by atoms with Crippen LogP contribution in [0.25, 0.3) is 0 Å². The number of likely N-dealkylation sites (N-methyl/N-ethyl adjacent to an activating group) is 1. The van der Waals surface area contributed by atoms with E-state index in [2.05, 4.69) is 24.1 Å². The van der Waals surface area contributed by atoms with E-state index in [4.69, 9.17) is 5.11 Å². The van der Waals surface area contributed by atoms with Gasteiger partial charge in [-0.05, 0) is 32.1 Å². The Morgan fingerprint density at radius 2 is 1.46 bits per heavy atom. The first-order chi connectivity index (χ1) is 13.6. The summed E-state index contributed by atoms with van der Waals surface area (Å²) in [5.74, 6) is 0.371. The number of hydrogen-bond acceptors (Lipinski definition) is 2. The minimum Gasteiger partial charge on any atom is -0.477 e. The predicted molar refractivity (Wildman–Crippen MR) is 120 cm³/mol. The van der Waals surface area contributed by atoms with Gasteiger partial charge in [-0.2, -0.15) is 0 Å². The molecule has 1 N–H and O–H groups in total. The molecule has 0 aromatic heterocycles. The fourth-order valence-electron chi connectivity index (χ4n) is 4.05. The summed E-state index contributed by atoms with van der Waals surface area (Å²) < 4.78 is 0.514. The van der Waals surface area contributed by atoms with E-state index in [9.17, 15) is 4.79 Å². The average Bonchev–Trinajstić information content (AvgIpc) is 3.00. The number of quaternary nitrogens is 1. The van der Waals surface area contributed by atoms with Crippen LogP contribution in [0.15, 0.2) is 17.1 Å². The number of rotatable bonds is 18. The number of nitrogens with zero attached hydrogens (tertiary/aromatic N) is 2. The van der Waals surface area contributed by atoms with Crippen molar-refractivity contribution in [1.29, 1.82) is 0 Å². The molecule has 4 nitrogen and oxygen atoms in total. The molecule has 0 bridgehead atoms. The van der Waals surface area contributed by atoms with Gasteiger partial charge < -0.3 is 5.11 Å². The first-order valence-corrected chi connectivity index (χ1v) is 11.8. The quantitative estimate of drug-likeness (QED) is 0.167. The smallest absolute Gasteiger partial charge is 0.359 e. The molecule has 0 fully saturated rings. The Hall–Kier alpha value is -1.16. The van der Waals surface area contributed by atoms with Gasteiger partial charge in [-0.15, -0.1) is 0 Å². The molecule has 0 radical (unpaired) electrons. The molecular formula is C24H45N2O2+. The zero-order valence-electron chi connectivity index (χ0n) is 18.6. The monoisotopic (exact) mass is 393 g/mol. The van der Waals surface area contributed by atoms with Crippen molar-refractivity contribution in [3.63, 3.8) is 0 Å². The van der Waals surface area contributed by atoms with Gasteiger partial charge >= 0.3 is 5.97 Å². The number of carbonyl (C=O) groups is 1. The number of carboxylic acids is 1. The Kier molecular flexibility index (Phi) is 14.0. The maximum absolute atomic E-state index is 11.1. The highest BCUT2D eigenvalue weighted by Gasteiger charge is 2.35. The topological polar surface area (TPSA) is 49.7 Å².